The maximum absolute atomic E-state index is 5.70. The van der Waals surface area contributed by atoms with Crippen molar-refractivity contribution in [2.75, 3.05) is 5.73 Å². The summed E-state index contributed by atoms with van der Waals surface area (Å²) in [7, 11) is 0. The van der Waals surface area contributed by atoms with Crippen molar-refractivity contribution in [1.82, 2.24) is 10.2 Å². The fourth-order valence-electron chi connectivity index (χ4n) is 1.12. The number of aryl methyl sites for hydroxylation is 1. The van der Waals surface area contributed by atoms with Gasteiger partial charge in [0.2, 0.25) is 0 Å². The van der Waals surface area contributed by atoms with Crippen LogP contribution >= 0.6 is 0 Å². The molecule has 70 valence electrons. The first-order valence-electron chi connectivity index (χ1n) is 4.46. The van der Waals surface area contributed by atoms with Crippen LogP contribution in [0.5, 0.6) is 0 Å². The highest BCUT2D eigenvalue weighted by Gasteiger charge is 1.98. The summed E-state index contributed by atoms with van der Waals surface area (Å²) in [6, 6.07) is 3.92. The third kappa shape index (κ3) is 1.80. The number of benzene rings is 1. The molecule has 0 radical (unpaired) electrons. The van der Waals surface area contributed by atoms with Gasteiger partial charge in [0.25, 0.3) is 0 Å². The Hall–Kier alpha value is -1.51. The lowest BCUT2D eigenvalue weighted by Crippen LogP contribution is -1.87. The topological polar surface area (TPSA) is 54.7 Å². The van der Waals surface area contributed by atoms with E-state index in [9.17, 15) is 0 Å². The van der Waals surface area contributed by atoms with Gasteiger partial charge >= 0.3 is 0 Å². The van der Waals surface area contributed by atoms with Crippen LogP contribution in [0.2, 0.25) is 0 Å². The van der Waals surface area contributed by atoms with Gasteiger partial charge in [0.1, 0.15) is 0 Å². The Balaban J connectivity index is 0.000000396. The van der Waals surface area contributed by atoms with Gasteiger partial charge in [-0.05, 0) is 24.6 Å². The van der Waals surface area contributed by atoms with E-state index in [-0.39, 0.29) is 0 Å². The summed E-state index contributed by atoms with van der Waals surface area (Å²) < 4.78 is 0. The Morgan fingerprint density at radius 2 is 2.00 bits per heavy atom. The van der Waals surface area contributed by atoms with Crippen LogP contribution in [0.3, 0.4) is 0 Å². The first kappa shape index (κ1) is 9.58. The predicted molar refractivity (Wildman–Crippen MR) is 56.6 cm³/mol. The Kier molecular flexibility index (Phi) is 2.90. The molecule has 3 heteroatoms. The second-order valence-electron chi connectivity index (χ2n) is 2.67. The van der Waals surface area contributed by atoms with E-state index >= 15 is 0 Å². The van der Waals surface area contributed by atoms with Crippen molar-refractivity contribution >= 4 is 16.6 Å². The predicted octanol–water partition coefficient (Wildman–Crippen LogP) is 2.48. The molecule has 2 aromatic rings. The van der Waals surface area contributed by atoms with Crippen LogP contribution in [0.15, 0.2) is 18.3 Å². The zero-order valence-electron chi connectivity index (χ0n) is 8.26. The van der Waals surface area contributed by atoms with E-state index < -0.39 is 0 Å². The number of aromatic amines is 1. The Labute approximate surface area is 78.0 Å². The van der Waals surface area contributed by atoms with Crippen LogP contribution in [0.1, 0.15) is 19.4 Å². The average Bonchev–Trinajstić information content (AvgIpc) is 2.56. The van der Waals surface area contributed by atoms with Gasteiger partial charge in [-0.3, -0.25) is 5.10 Å². The molecular weight excluding hydrogens is 162 g/mol. The molecule has 1 aromatic heterocycles. The third-order valence-electron chi connectivity index (χ3n) is 1.83. The minimum atomic E-state index is 0.818. The standard InChI is InChI=1S/C8H9N3.C2H6/c1-5-2-8-6(3-7(5)9)4-10-11-8;1-2/h2-4H,9H2,1H3,(H,10,11);1-2H3. The van der Waals surface area contributed by atoms with Gasteiger partial charge in [0, 0.05) is 11.1 Å². The summed E-state index contributed by atoms with van der Waals surface area (Å²) in [6.07, 6.45) is 1.77. The smallest absolute Gasteiger partial charge is 0.0654 e. The summed E-state index contributed by atoms with van der Waals surface area (Å²) in [6.45, 7) is 5.98. The number of nitrogens with zero attached hydrogens (tertiary/aromatic N) is 1. The van der Waals surface area contributed by atoms with Crippen LogP contribution in [-0.4, -0.2) is 10.2 Å². The fourth-order valence-corrected chi connectivity index (χ4v) is 1.12. The number of aromatic nitrogens is 2. The molecule has 0 saturated carbocycles. The largest absolute Gasteiger partial charge is 0.398 e. The lowest BCUT2D eigenvalue weighted by Gasteiger charge is -1.97. The first-order valence-corrected chi connectivity index (χ1v) is 4.46. The van der Waals surface area contributed by atoms with Crippen molar-refractivity contribution < 1.29 is 0 Å². The first-order chi connectivity index (χ1) is 6.27. The molecule has 0 spiro atoms. The second-order valence-corrected chi connectivity index (χ2v) is 2.67. The highest BCUT2D eigenvalue weighted by Crippen LogP contribution is 2.18. The summed E-state index contributed by atoms with van der Waals surface area (Å²) in [5, 5.41) is 7.85. The molecular formula is C10H15N3. The number of fused-ring (bicyclic) bond motifs is 1. The Morgan fingerprint density at radius 1 is 1.31 bits per heavy atom. The quantitative estimate of drug-likeness (QED) is 0.607. The minimum absolute atomic E-state index is 0.818. The van der Waals surface area contributed by atoms with E-state index in [1.165, 1.54) is 0 Å². The van der Waals surface area contributed by atoms with E-state index in [0.717, 1.165) is 22.2 Å². The molecule has 0 aliphatic heterocycles. The molecule has 0 saturated heterocycles. The molecule has 0 amide bonds. The van der Waals surface area contributed by atoms with Crippen LogP contribution in [-0.2, 0) is 0 Å². The summed E-state index contributed by atoms with van der Waals surface area (Å²) >= 11 is 0. The number of hydrogen-bond acceptors (Lipinski definition) is 2. The number of rotatable bonds is 0. The Morgan fingerprint density at radius 3 is 2.69 bits per heavy atom. The van der Waals surface area contributed by atoms with E-state index in [0.29, 0.717) is 0 Å². The Bertz CT molecular complexity index is 354. The molecule has 13 heavy (non-hydrogen) atoms. The summed E-state index contributed by atoms with van der Waals surface area (Å²) in [4.78, 5) is 0. The number of nitrogens with one attached hydrogen (secondary N) is 1. The molecule has 0 bridgehead atoms. The monoisotopic (exact) mass is 177 g/mol. The number of nitrogens with two attached hydrogens (primary N) is 1. The van der Waals surface area contributed by atoms with Crippen LogP contribution in [0.4, 0.5) is 5.69 Å². The molecule has 1 heterocycles. The molecule has 3 nitrogen and oxygen atoms in total. The van der Waals surface area contributed by atoms with Crippen molar-refractivity contribution in [3.8, 4) is 0 Å². The van der Waals surface area contributed by atoms with Crippen molar-refractivity contribution in [2.45, 2.75) is 20.8 Å². The molecule has 2 rings (SSSR count). The van der Waals surface area contributed by atoms with Crippen molar-refractivity contribution in [1.29, 1.82) is 0 Å². The van der Waals surface area contributed by atoms with Gasteiger partial charge in [0.05, 0.1) is 11.7 Å². The molecule has 0 unspecified atom stereocenters. The van der Waals surface area contributed by atoms with Crippen molar-refractivity contribution in [3.05, 3.63) is 23.9 Å². The minimum Gasteiger partial charge on any atom is -0.398 e. The number of hydrogen-bond donors (Lipinski definition) is 2. The van der Waals surface area contributed by atoms with Crippen LogP contribution in [0.25, 0.3) is 10.9 Å². The van der Waals surface area contributed by atoms with Crippen molar-refractivity contribution in [3.63, 3.8) is 0 Å². The van der Waals surface area contributed by atoms with E-state index in [1.54, 1.807) is 6.20 Å². The number of nitrogen functional groups attached to an aromatic ring is 1. The molecule has 0 fully saturated rings. The molecule has 0 aliphatic rings. The average molecular weight is 177 g/mol. The highest BCUT2D eigenvalue weighted by atomic mass is 15.1. The second kappa shape index (κ2) is 3.94. The SMILES string of the molecule is CC.Cc1cc2[nH]ncc2cc1N. The van der Waals surface area contributed by atoms with Gasteiger partial charge in [-0.2, -0.15) is 5.10 Å². The van der Waals surface area contributed by atoms with Gasteiger partial charge in [-0.25, -0.2) is 0 Å². The number of anilines is 1. The lowest BCUT2D eigenvalue weighted by molar-refractivity contribution is 1.12. The van der Waals surface area contributed by atoms with E-state index in [4.69, 9.17) is 5.73 Å². The zero-order chi connectivity index (χ0) is 9.84. The van der Waals surface area contributed by atoms with Crippen LogP contribution < -0.4 is 5.73 Å². The van der Waals surface area contributed by atoms with Gasteiger partial charge in [-0.1, -0.05) is 13.8 Å². The maximum Gasteiger partial charge on any atom is 0.0654 e. The van der Waals surface area contributed by atoms with Gasteiger partial charge in [-0.15, -0.1) is 0 Å². The molecule has 1 aromatic carbocycles. The molecule has 3 N–H and O–H groups in total. The third-order valence-corrected chi connectivity index (χ3v) is 1.83. The van der Waals surface area contributed by atoms with E-state index in [2.05, 4.69) is 10.2 Å². The fraction of sp³-hybridized carbons (Fsp3) is 0.300. The maximum atomic E-state index is 5.70. The zero-order valence-corrected chi connectivity index (χ0v) is 8.26. The van der Waals surface area contributed by atoms with Crippen molar-refractivity contribution in [2.24, 2.45) is 0 Å². The normalized spacial score (nSPS) is 9.46. The van der Waals surface area contributed by atoms with Gasteiger partial charge < -0.3 is 5.73 Å². The summed E-state index contributed by atoms with van der Waals surface area (Å²) in [5.41, 5.74) is 8.65. The lowest BCUT2D eigenvalue weighted by atomic mass is 10.1. The summed E-state index contributed by atoms with van der Waals surface area (Å²) in [5.74, 6) is 0. The number of H-pyrrole nitrogens is 1. The van der Waals surface area contributed by atoms with Crippen LogP contribution in [0, 0.1) is 6.92 Å². The highest BCUT2D eigenvalue weighted by molar-refractivity contribution is 5.82. The molecule has 0 atom stereocenters. The van der Waals surface area contributed by atoms with E-state index in [1.807, 2.05) is 32.9 Å². The molecule has 0 aliphatic carbocycles. The van der Waals surface area contributed by atoms with Gasteiger partial charge in [0.15, 0.2) is 0 Å².